The molecule has 1 fully saturated rings. The zero-order chi connectivity index (χ0) is 13.9. The fourth-order valence-electron chi connectivity index (χ4n) is 2.06. The molecule has 0 aromatic heterocycles. The summed E-state index contributed by atoms with van der Waals surface area (Å²) in [4.78, 5) is 13.7. The number of carbonyl (C=O) groups excluding carboxylic acids is 1. The van der Waals surface area contributed by atoms with Crippen LogP contribution in [0.5, 0.6) is 0 Å². The van der Waals surface area contributed by atoms with E-state index in [0.717, 1.165) is 13.1 Å². The van der Waals surface area contributed by atoms with Crippen molar-refractivity contribution in [2.45, 2.75) is 26.0 Å². The van der Waals surface area contributed by atoms with Gasteiger partial charge in [0, 0.05) is 26.7 Å². The predicted molar refractivity (Wildman–Crippen MR) is 74.9 cm³/mol. The first-order valence-electron chi connectivity index (χ1n) is 6.63. The maximum atomic E-state index is 12.0. The van der Waals surface area contributed by atoms with Crippen LogP contribution in [0, 0.1) is 6.92 Å². The number of hydrogen-bond acceptors (Lipinski definition) is 3. The first-order valence-corrected chi connectivity index (χ1v) is 6.63. The van der Waals surface area contributed by atoms with Crippen molar-refractivity contribution in [2.75, 3.05) is 26.7 Å². The highest BCUT2D eigenvalue weighted by Crippen LogP contribution is 2.15. The van der Waals surface area contributed by atoms with Crippen molar-refractivity contribution >= 4 is 5.91 Å². The Balaban J connectivity index is 1.84. The molecule has 1 amide bonds. The van der Waals surface area contributed by atoms with E-state index in [-0.39, 0.29) is 18.1 Å². The lowest BCUT2D eigenvalue weighted by molar-refractivity contribution is -0.145. The number of amides is 1. The Hall–Kier alpha value is -1.39. The summed E-state index contributed by atoms with van der Waals surface area (Å²) in [7, 11) is 1.82. The summed E-state index contributed by atoms with van der Waals surface area (Å²) in [6, 6.07) is 8.12. The van der Waals surface area contributed by atoms with E-state index >= 15 is 0 Å². The van der Waals surface area contributed by atoms with Crippen LogP contribution in [0.4, 0.5) is 0 Å². The SMILES string of the molecule is Cc1ccccc1CN(C)C(=O)COC1(C)CNC1. The van der Waals surface area contributed by atoms with Gasteiger partial charge >= 0.3 is 0 Å². The molecular formula is C15H22N2O2. The van der Waals surface area contributed by atoms with Crippen LogP contribution in [-0.4, -0.2) is 43.2 Å². The van der Waals surface area contributed by atoms with Crippen molar-refractivity contribution in [3.05, 3.63) is 35.4 Å². The molecule has 1 saturated heterocycles. The van der Waals surface area contributed by atoms with E-state index in [9.17, 15) is 4.79 Å². The first-order chi connectivity index (χ1) is 9.00. The lowest BCUT2D eigenvalue weighted by Gasteiger charge is -2.39. The standard InChI is InChI=1S/C15H22N2O2/c1-12-6-4-5-7-13(12)8-17(3)14(18)9-19-15(2)10-16-11-15/h4-7,16H,8-11H2,1-3H3. The van der Waals surface area contributed by atoms with Crippen molar-refractivity contribution in [3.63, 3.8) is 0 Å². The molecule has 0 unspecified atom stereocenters. The van der Waals surface area contributed by atoms with Crippen LogP contribution in [0.3, 0.4) is 0 Å². The monoisotopic (exact) mass is 262 g/mol. The zero-order valence-electron chi connectivity index (χ0n) is 11.9. The van der Waals surface area contributed by atoms with Crippen LogP contribution in [0.2, 0.25) is 0 Å². The maximum Gasteiger partial charge on any atom is 0.248 e. The normalized spacial score (nSPS) is 16.8. The summed E-state index contributed by atoms with van der Waals surface area (Å²) in [5.74, 6) is 0.0244. The topological polar surface area (TPSA) is 41.6 Å². The van der Waals surface area contributed by atoms with Crippen molar-refractivity contribution in [1.82, 2.24) is 10.2 Å². The Morgan fingerprint density at radius 1 is 1.42 bits per heavy atom. The molecule has 0 saturated carbocycles. The molecule has 1 N–H and O–H groups in total. The summed E-state index contributed by atoms with van der Waals surface area (Å²) in [6.07, 6.45) is 0. The van der Waals surface area contributed by atoms with Gasteiger partial charge in [0.2, 0.25) is 5.91 Å². The molecule has 19 heavy (non-hydrogen) atoms. The number of rotatable bonds is 5. The number of hydrogen-bond donors (Lipinski definition) is 1. The van der Waals surface area contributed by atoms with Crippen molar-refractivity contribution in [3.8, 4) is 0 Å². The van der Waals surface area contributed by atoms with E-state index < -0.39 is 0 Å². The van der Waals surface area contributed by atoms with Crippen molar-refractivity contribution in [2.24, 2.45) is 0 Å². The fourth-order valence-corrected chi connectivity index (χ4v) is 2.06. The maximum absolute atomic E-state index is 12.0. The number of nitrogens with zero attached hydrogens (tertiary/aromatic N) is 1. The minimum Gasteiger partial charge on any atom is -0.363 e. The number of benzene rings is 1. The van der Waals surface area contributed by atoms with Crippen LogP contribution in [-0.2, 0) is 16.1 Å². The number of aryl methyl sites for hydroxylation is 1. The summed E-state index contributed by atoms with van der Waals surface area (Å²) in [5, 5.41) is 3.15. The van der Waals surface area contributed by atoms with Crippen molar-refractivity contribution < 1.29 is 9.53 Å². The van der Waals surface area contributed by atoms with E-state index in [4.69, 9.17) is 4.74 Å². The molecule has 104 valence electrons. The highest BCUT2D eigenvalue weighted by molar-refractivity contribution is 5.77. The number of carbonyl (C=O) groups is 1. The molecule has 0 radical (unpaired) electrons. The van der Waals surface area contributed by atoms with Gasteiger partial charge in [-0.15, -0.1) is 0 Å². The van der Waals surface area contributed by atoms with Gasteiger partial charge in [0.05, 0.1) is 5.60 Å². The van der Waals surface area contributed by atoms with Crippen LogP contribution in [0.25, 0.3) is 0 Å². The highest BCUT2D eigenvalue weighted by atomic mass is 16.5. The summed E-state index contributed by atoms with van der Waals surface area (Å²) in [6.45, 7) is 6.51. The molecule has 1 aliphatic heterocycles. The molecule has 1 aliphatic rings. The second kappa shape index (κ2) is 5.72. The summed E-state index contributed by atoms with van der Waals surface area (Å²) < 4.78 is 5.66. The van der Waals surface area contributed by atoms with Crippen LogP contribution >= 0.6 is 0 Å². The third kappa shape index (κ3) is 3.55. The minimum absolute atomic E-state index is 0.0244. The van der Waals surface area contributed by atoms with Crippen LogP contribution in [0.1, 0.15) is 18.1 Å². The molecule has 0 bridgehead atoms. The molecule has 4 heteroatoms. The second-order valence-electron chi connectivity index (χ2n) is 5.52. The molecule has 0 atom stereocenters. The Kier molecular flexibility index (Phi) is 4.22. The van der Waals surface area contributed by atoms with Crippen LogP contribution < -0.4 is 5.32 Å². The van der Waals surface area contributed by atoms with Gasteiger partial charge in [0.1, 0.15) is 6.61 Å². The van der Waals surface area contributed by atoms with Crippen molar-refractivity contribution in [1.29, 1.82) is 0 Å². The number of nitrogens with one attached hydrogen (secondary N) is 1. The lowest BCUT2D eigenvalue weighted by Crippen LogP contribution is -2.59. The number of likely N-dealkylation sites (N-methyl/N-ethyl adjacent to an activating group) is 1. The first kappa shape index (κ1) is 14.0. The number of ether oxygens (including phenoxy) is 1. The molecule has 2 rings (SSSR count). The third-order valence-corrected chi connectivity index (χ3v) is 3.64. The largest absolute Gasteiger partial charge is 0.363 e. The van der Waals surface area contributed by atoms with E-state index in [1.165, 1.54) is 11.1 Å². The molecule has 4 nitrogen and oxygen atoms in total. The molecule has 1 aromatic carbocycles. The average Bonchev–Trinajstić information content (AvgIpc) is 2.36. The van der Waals surface area contributed by atoms with Gasteiger partial charge < -0.3 is 15.0 Å². The van der Waals surface area contributed by atoms with Gasteiger partial charge in [-0.2, -0.15) is 0 Å². The van der Waals surface area contributed by atoms with Gasteiger partial charge in [0.25, 0.3) is 0 Å². The Labute approximate surface area is 114 Å². The van der Waals surface area contributed by atoms with Gasteiger partial charge in [-0.1, -0.05) is 24.3 Å². The molecule has 1 aromatic rings. The smallest absolute Gasteiger partial charge is 0.248 e. The summed E-state index contributed by atoms with van der Waals surface area (Å²) in [5.41, 5.74) is 2.21. The van der Waals surface area contributed by atoms with E-state index in [1.807, 2.05) is 26.1 Å². The molecule has 1 heterocycles. The molecule has 0 spiro atoms. The molecule has 0 aliphatic carbocycles. The van der Waals surface area contributed by atoms with E-state index in [2.05, 4.69) is 24.4 Å². The fraction of sp³-hybridized carbons (Fsp3) is 0.533. The Morgan fingerprint density at radius 3 is 2.68 bits per heavy atom. The zero-order valence-corrected chi connectivity index (χ0v) is 11.9. The Morgan fingerprint density at radius 2 is 2.11 bits per heavy atom. The van der Waals surface area contributed by atoms with Gasteiger partial charge in [-0.3, -0.25) is 4.79 Å². The summed E-state index contributed by atoms with van der Waals surface area (Å²) >= 11 is 0. The highest BCUT2D eigenvalue weighted by Gasteiger charge is 2.33. The van der Waals surface area contributed by atoms with Gasteiger partial charge in [-0.05, 0) is 25.0 Å². The third-order valence-electron chi connectivity index (χ3n) is 3.64. The minimum atomic E-state index is -0.167. The van der Waals surface area contributed by atoms with Gasteiger partial charge in [-0.25, -0.2) is 0 Å². The second-order valence-corrected chi connectivity index (χ2v) is 5.52. The quantitative estimate of drug-likeness (QED) is 0.870. The predicted octanol–water partition coefficient (Wildman–Crippen LogP) is 1.33. The lowest BCUT2D eigenvalue weighted by atomic mass is 10.0. The van der Waals surface area contributed by atoms with E-state index in [1.54, 1.807) is 4.90 Å². The van der Waals surface area contributed by atoms with E-state index in [0.29, 0.717) is 6.54 Å². The Bertz CT molecular complexity index is 455. The van der Waals surface area contributed by atoms with Gasteiger partial charge in [0.15, 0.2) is 0 Å². The molecular weight excluding hydrogens is 240 g/mol. The van der Waals surface area contributed by atoms with Crippen LogP contribution in [0.15, 0.2) is 24.3 Å². The average molecular weight is 262 g/mol.